The largest absolute Gasteiger partial charge is 0.282 e. The summed E-state index contributed by atoms with van der Waals surface area (Å²) in [5.74, 6) is 0. The molecule has 0 aromatic heterocycles. The maximum atomic E-state index is 4.57. The molecule has 0 saturated carbocycles. The van der Waals surface area contributed by atoms with E-state index in [2.05, 4.69) is 48.0 Å². The van der Waals surface area contributed by atoms with Gasteiger partial charge in [-0.15, -0.1) is 0 Å². The van der Waals surface area contributed by atoms with Crippen molar-refractivity contribution in [3.8, 4) is 0 Å². The topological polar surface area (TPSA) is 15.6 Å². The van der Waals surface area contributed by atoms with Crippen LogP contribution < -0.4 is 0 Å². The molecule has 11 heavy (non-hydrogen) atoms. The minimum absolute atomic E-state index is 0.238. The molecule has 3 heteroatoms. The molecule has 0 aliphatic carbocycles. The Morgan fingerprint density at radius 1 is 1.36 bits per heavy atom. The molecule has 0 N–H and O–H groups in total. The second kappa shape index (κ2) is 6.47. The van der Waals surface area contributed by atoms with Crippen molar-refractivity contribution < 1.29 is 0 Å². The molecule has 0 spiro atoms. The van der Waals surface area contributed by atoms with Crippen LogP contribution in [-0.2, 0) is 0 Å². The highest BCUT2D eigenvalue weighted by Crippen LogP contribution is 2.03. The van der Waals surface area contributed by atoms with Gasteiger partial charge in [0, 0.05) is 0 Å². The van der Waals surface area contributed by atoms with Gasteiger partial charge in [0.25, 0.3) is 0 Å². The van der Waals surface area contributed by atoms with E-state index in [4.69, 9.17) is 0 Å². The Bertz CT molecular complexity index is 137. The van der Waals surface area contributed by atoms with Crippen molar-refractivity contribution >= 4 is 17.4 Å². The third kappa shape index (κ3) is 3.61. The summed E-state index contributed by atoms with van der Waals surface area (Å²) in [6, 6.07) is 0. The fraction of sp³-hybridized carbons (Fsp3) is 0.875. The summed E-state index contributed by atoms with van der Waals surface area (Å²) >= 11 is 4.57. The van der Waals surface area contributed by atoms with Crippen molar-refractivity contribution in [1.29, 1.82) is 0 Å². The summed E-state index contributed by atoms with van der Waals surface area (Å²) in [5, 5.41) is 2.43. The molecule has 0 aromatic carbocycles. The third-order valence-electron chi connectivity index (χ3n) is 1.80. The molecule has 64 valence electrons. The number of hydrogen-bond donors (Lipinski definition) is 0. The minimum Gasteiger partial charge on any atom is -0.282 e. The van der Waals surface area contributed by atoms with E-state index in [1.54, 1.807) is 0 Å². The fourth-order valence-corrected chi connectivity index (χ4v) is 1.26. The molecule has 0 aromatic rings. The Morgan fingerprint density at radius 2 is 1.91 bits per heavy atom. The lowest BCUT2D eigenvalue weighted by molar-refractivity contribution is 0.219. The summed E-state index contributed by atoms with van der Waals surface area (Å²) < 4.78 is 0. The van der Waals surface area contributed by atoms with Gasteiger partial charge < -0.3 is 0 Å². The molecule has 0 fully saturated rings. The number of thiocarbonyl (C=S) groups is 1. The van der Waals surface area contributed by atoms with E-state index < -0.39 is 0 Å². The highest BCUT2D eigenvalue weighted by atomic mass is 32.1. The lowest BCUT2D eigenvalue weighted by atomic mass is 10.3. The standard InChI is InChI=1S/C8H16N2S/c1-4-8(9-7-11)10(5-2)6-3/h8H,4-6H2,1-3H3. The number of rotatable bonds is 5. The number of nitrogens with zero attached hydrogens (tertiary/aromatic N) is 2. The number of hydrogen-bond acceptors (Lipinski definition) is 3. The smallest absolute Gasteiger partial charge is 0.112 e. The van der Waals surface area contributed by atoms with E-state index >= 15 is 0 Å². The predicted molar refractivity (Wildman–Crippen MR) is 52.0 cm³/mol. The van der Waals surface area contributed by atoms with E-state index in [0.29, 0.717) is 0 Å². The molecule has 0 aliphatic heterocycles. The van der Waals surface area contributed by atoms with Crippen LogP contribution in [-0.4, -0.2) is 29.3 Å². The van der Waals surface area contributed by atoms with Crippen LogP contribution in [0.25, 0.3) is 0 Å². The van der Waals surface area contributed by atoms with Gasteiger partial charge in [-0.2, -0.15) is 0 Å². The first kappa shape index (κ1) is 10.8. The van der Waals surface area contributed by atoms with E-state index in [-0.39, 0.29) is 6.17 Å². The summed E-state index contributed by atoms with van der Waals surface area (Å²) in [6.07, 6.45) is 1.24. The van der Waals surface area contributed by atoms with Crippen LogP contribution >= 0.6 is 12.2 Å². The van der Waals surface area contributed by atoms with Crippen LogP contribution in [0.2, 0.25) is 0 Å². The summed E-state index contributed by atoms with van der Waals surface area (Å²) in [7, 11) is 0. The van der Waals surface area contributed by atoms with Gasteiger partial charge in [-0.1, -0.05) is 20.8 Å². The number of isothiocyanates is 1. The van der Waals surface area contributed by atoms with Gasteiger partial charge in [0.15, 0.2) is 0 Å². The normalized spacial score (nSPS) is 12.7. The monoisotopic (exact) mass is 172 g/mol. The maximum Gasteiger partial charge on any atom is 0.112 e. The summed E-state index contributed by atoms with van der Waals surface area (Å²) in [5.41, 5.74) is 0. The van der Waals surface area contributed by atoms with Crippen molar-refractivity contribution in [1.82, 2.24) is 4.90 Å². The molecular formula is C8H16N2S. The van der Waals surface area contributed by atoms with Crippen LogP contribution in [0.3, 0.4) is 0 Å². The zero-order valence-electron chi connectivity index (χ0n) is 7.50. The van der Waals surface area contributed by atoms with E-state index in [0.717, 1.165) is 19.5 Å². The number of aliphatic imine (C=N–C) groups is 1. The second-order valence-electron chi connectivity index (χ2n) is 2.33. The van der Waals surface area contributed by atoms with Gasteiger partial charge >= 0.3 is 0 Å². The van der Waals surface area contributed by atoms with E-state index in [9.17, 15) is 0 Å². The Hall–Kier alpha value is -0.240. The Morgan fingerprint density at radius 3 is 2.18 bits per heavy atom. The zero-order chi connectivity index (χ0) is 8.69. The fourth-order valence-electron chi connectivity index (χ4n) is 1.14. The van der Waals surface area contributed by atoms with Crippen LogP contribution in [0, 0.1) is 0 Å². The van der Waals surface area contributed by atoms with Crippen molar-refractivity contribution in [3.63, 3.8) is 0 Å². The van der Waals surface area contributed by atoms with Crippen molar-refractivity contribution in [3.05, 3.63) is 0 Å². The SMILES string of the molecule is CCC(N=C=S)N(CC)CC. The van der Waals surface area contributed by atoms with Crippen LogP contribution in [0.1, 0.15) is 27.2 Å². The van der Waals surface area contributed by atoms with Crippen LogP contribution in [0.15, 0.2) is 4.99 Å². The highest BCUT2D eigenvalue weighted by Gasteiger charge is 2.09. The van der Waals surface area contributed by atoms with Crippen molar-refractivity contribution in [2.24, 2.45) is 4.99 Å². The molecule has 0 heterocycles. The molecular weight excluding hydrogens is 156 g/mol. The van der Waals surface area contributed by atoms with Gasteiger partial charge in [-0.25, -0.2) is 4.99 Å². The zero-order valence-corrected chi connectivity index (χ0v) is 8.32. The third-order valence-corrected chi connectivity index (χ3v) is 1.91. The second-order valence-corrected chi connectivity index (χ2v) is 2.51. The van der Waals surface area contributed by atoms with Crippen LogP contribution in [0.4, 0.5) is 0 Å². The predicted octanol–water partition coefficient (Wildman–Crippen LogP) is 2.17. The first-order valence-electron chi connectivity index (χ1n) is 4.11. The van der Waals surface area contributed by atoms with Gasteiger partial charge in [-0.05, 0) is 31.7 Å². The molecule has 0 rings (SSSR count). The lowest BCUT2D eigenvalue weighted by Gasteiger charge is -2.23. The van der Waals surface area contributed by atoms with Gasteiger partial charge in [0.1, 0.15) is 6.17 Å². The van der Waals surface area contributed by atoms with Crippen molar-refractivity contribution in [2.45, 2.75) is 33.4 Å². The Kier molecular flexibility index (Phi) is 6.33. The first-order chi connectivity index (χ1) is 5.29. The molecule has 0 aliphatic rings. The van der Waals surface area contributed by atoms with Crippen LogP contribution in [0.5, 0.6) is 0 Å². The minimum atomic E-state index is 0.238. The Labute approximate surface area is 74.3 Å². The average Bonchev–Trinajstić information content (AvgIpc) is 2.05. The first-order valence-corrected chi connectivity index (χ1v) is 4.51. The van der Waals surface area contributed by atoms with Gasteiger partial charge in [0.05, 0.1) is 5.16 Å². The average molecular weight is 172 g/mol. The molecule has 0 amide bonds. The molecule has 1 unspecified atom stereocenters. The molecule has 0 saturated heterocycles. The molecule has 0 radical (unpaired) electrons. The molecule has 1 atom stereocenters. The molecule has 2 nitrogen and oxygen atoms in total. The van der Waals surface area contributed by atoms with Gasteiger partial charge in [0.2, 0.25) is 0 Å². The summed E-state index contributed by atoms with van der Waals surface area (Å²) in [6.45, 7) is 8.42. The Balaban J connectivity index is 4.08. The summed E-state index contributed by atoms with van der Waals surface area (Å²) in [4.78, 5) is 6.34. The molecule has 0 bridgehead atoms. The lowest BCUT2D eigenvalue weighted by Crippen LogP contribution is -2.32. The van der Waals surface area contributed by atoms with E-state index in [1.807, 2.05) is 0 Å². The quantitative estimate of drug-likeness (QED) is 0.466. The van der Waals surface area contributed by atoms with Crippen molar-refractivity contribution in [2.75, 3.05) is 13.1 Å². The van der Waals surface area contributed by atoms with Gasteiger partial charge in [-0.3, -0.25) is 4.90 Å². The highest BCUT2D eigenvalue weighted by molar-refractivity contribution is 7.78. The van der Waals surface area contributed by atoms with E-state index in [1.165, 1.54) is 0 Å². The maximum absolute atomic E-state index is 4.57.